The molecule has 0 spiro atoms. The van der Waals surface area contributed by atoms with Gasteiger partial charge in [0.1, 0.15) is 16.7 Å². The highest BCUT2D eigenvalue weighted by molar-refractivity contribution is 6.32. The highest BCUT2D eigenvalue weighted by Gasteiger charge is 2.16. The molecule has 0 aliphatic carbocycles. The highest BCUT2D eigenvalue weighted by atomic mass is 35.5. The normalized spacial score (nSPS) is 11.1. The Kier molecular flexibility index (Phi) is 6.74. The molecule has 0 unspecified atom stereocenters. The van der Waals surface area contributed by atoms with Crippen molar-refractivity contribution in [2.75, 3.05) is 10.6 Å². The lowest BCUT2D eigenvalue weighted by Gasteiger charge is -2.16. The Bertz CT molecular complexity index is 993. The molecule has 2 rings (SSSR count). The number of aryl methyl sites for hydroxylation is 1. The summed E-state index contributed by atoms with van der Waals surface area (Å²) in [4.78, 5) is 22.9. The lowest BCUT2D eigenvalue weighted by Crippen LogP contribution is -2.17. The number of rotatable bonds is 6. The maximum Gasteiger partial charge on any atom is 0.289 e. The van der Waals surface area contributed by atoms with Crippen LogP contribution in [-0.2, 0) is 4.79 Å². The van der Waals surface area contributed by atoms with Crippen LogP contribution in [0.25, 0.3) is 0 Å². The summed E-state index contributed by atoms with van der Waals surface area (Å²) in [6.45, 7) is 5.91. The average molecular weight is 399 g/mol. The number of halogens is 1. The quantitative estimate of drug-likeness (QED) is 0.303. The van der Waals surface area contributed by atoms with E-state index in [0.29, 0.717) is 11.4 Å². The molecule has 2 aromatic rings. The summed E-state index contributed by atoms with van der Waals surface area (Å²) in [6, 6.07) is 11.7. The summed E-state index contributed by atoms with van der Waals surface area (Å²) in [5.41, 5.74) is 2.41. The van der Waals surface area contributed by atoms with E-state index >= 15 is 0 Å². The second kappa shape index (κ2) is 9.02. The van der Waals surface area contributed by atoms with E-state index in [1.165, 1.54) is 24.4 Å². The molecular weight excluding hydrogens is 380 g/mol. The van der Waals surface area contributed by atoms with Gasteiger partial charge < -0.3 is 10.6 Å². The molecule has 144 valence electrons. The minimum absolute atomic E-state index is 0.00135. The van der Waals surface area contributed by atoms with Crippen molar-refractivity contribution in [2.24, 2.45) is 0 Å². The van der Waals surface area contributed by atoms with Crippen molar-refractivity contribution in [3.63, 3.8) is 0 Å². The zero-order valence-corrected chi connectivity index (χ0v) is 16.4. The number of carbonyl (C=O) groups excluding carboxylic acids is 1. The van der Waals surface area contributed by atoms with Crippen LogP contribution in [0, 0.1) is 28.4 Å². The number of hydrogen-bond acceptors (Lipinski definition) is 5. The van der Waals surface area contributed by atoms with Crippen molar-refractivity contribution in [3.8, 4) is 6.07 Å². The van der Waals surface area contributed by atoms with Gasteiger partial charge in [-0.15, -0.1) is 0 Å². The van der Waals surface area contributed by atoms with E-state index < -0.39 is 10.8 Å². The molecule has 0 saturated heterocycles. The van der Waals surface area contributed by atoms with Crippen LogP contribution < -0.4 is 10.6 Å². The third-order valence-electron chi connectivity index (χ3n) is 4.06. The third kappa shape index (κ3) is 4.87. The molecular formula is C20H19ClN4O3. The fraction of sp³-hybridized carbons (Fsp3) is 0.200. The van der Waals surface area contributed by atoms with E-state index in [0.717, 1.165) is 11.1 Å². The number of anilines is 2. The first kappa shape index (κ1) is 20.9. The number of nitro groups is 1. The van der Waals surface area contributed by atoms with Crippen LogP contribution >= 0.6 is 11.6 Å². The molecule has 0 saturated carbocycles. The minimum atomic E-state index is -0.610. The van der Waals surface area contributed by atoms with Crippen LogP contribution in [0.15, 0.2) is 48.2 Å². The number of hydrogen-bond donors (Lipinski definition) is 2. The molecule has 2 N–H and O–H groups in total. The lowest BCUT2D eigenvalue weighted by molar-refractivity contribution is -0.384. The molecule has 2 aromatic carbocycles. The van der Waals surface area contributed by atoms with Crippen LogP contribution in [0.5, 0.6) is 0 Å². The fourth-order valence-electron chi connectivity index (χ4n) is 2.57. The van der Waals surface area contributed by atoms with Crippen LogP contribution in [-0.4, -0.2) is 10.8 Å². The van der Waals surface area contributed by atoms with Gasteiger partial charge in [-0.3, -0.25) is 14.9 Å². The molecule has 0 bridgehead atoms. The predicted molar refractivity (Wildman–Crippen MR) is 109 cm³/mol. The van der Waals surface area contributed by atoms with E-state index in [-0.39, 0.29) is 22.2 Å². The summed E-state index contributed by atoms with van der Waals surface area (Å²) in [5, 5.41) is 25.8. The van der Waals surface area contributed by atoms with Gasteiger partial charge in [0, 0.05) is 23.6 Å². The Morgan fingerprint density at radius 3 is 2.64 bits per heavy atom. The third-order valence-corrected chi connectivity index (χ3v) is 4.38. The molecule has 0 atom stereocenters. The second-order valence-corrected chi connectivity index (χ2v) is 6.79. The summed E-state index contributed by atoms with van der Waals surface area (Å²) >= 11 is 5.78. The molecule has 0 radical (unpaired) electrons. The van der Waals surface area contributed by atoms with E-state index in [9.17, 15) is 20.2 Å². The largest absolute Gasteiger partial charge is 0.360 e. The Hall–Kier alpha value is -3.37. The zero-order chi connectivity index (χ0) is 20.8. The lowest BCUT2D eigenvalue weighted by atomic mass is 9.98. The Morgan fingerprint density at radius 1 is 1.32 bits per heavy atom. The summed E-state index contributed by atoms with van der Waals surface area (Å²) in [5.74, 6) is -0.382. The van der Waals surface area contributed by atoms with E-state index in [1.807, 2.05) is 45.0 Å². The van der Waals surface area contributed by atoms with E-state index in [4.69, 9.17) is 11.6 Å². The maximum absolute atomic E-state index is 12.6. The Morgan fingerprint density at radius 2 is 2.04 bits per heavy atom. The maximum atomic E-state index is 12.6. The van der Waals surface area contributed by atoms with E-state index in [2.05, 4.69) is 10.6 Å². The molecule has 0 aromatic heterocycles. The van der Waals surface area contributed by atoms with Gasteiger partial charge in [-0.1, -0.05) is 43.6 Å². The second-order valence-electron chi connectivity index (χ2n) is 6.39. The predicted octanol–water partition coefficient (Wildman–Crippen LogP) is 5.14. The number of para-hydroxylation sites is 1. The molecule has 28 heavy (non-hydrogen) atoms. The van der Waals surface area contributed by atoms with Gasteiger partial charge in [-0.2, -0.15) is 5.26 Å². The number of nitro benzene ring substituents is 1. The first-order valence-corrected chi connectivity index (χ1v) is 8.84. The van der Waals surface area contributed by atoms with Crippen molar-refractivity contribution < 1.29 is 9.72 Å². The average Bonchev–Trinajstić information content (AvgIpc) is 2.64. The van der Waals surface area contributed by atoms with Gasteiger partial charge >= 0.3 is 0 Å². The molecule has 1 amide bonds. The van der Waals surface area contributed by atoms with Crippen LogP contribution in [0.1, 0.15) is 30.9 Å². The number of nitriles is 1. The number of amides is 1. The Balaban J connectivity index is 2.25. The van der Waals surface area contributed by atoms with Crippen LogP contribution in [0.3, 0.4) is 0 Å². The minimum Gasteiger partial charge on any atom is -0.360 e. The van der Waals surface area contributed by atoms with Crippen LogP contribution in [0.2, 0.25) is 5.02 Å². The fourth-order valence-corrected chi connectivity index (χ4v) is 2.76. The summed E-state index contributed by atoms with van der Waals surface area (Å²) in [7, 11) is 0. The molecule has 0 heterocycles. The van der Waals surface area contributed by atoms with E-state index in [1.54, 1.807) is 0 Å². The zero-order valence-electron chi connectivity index (χ0n) is 15.6. The van der Waals surface area contributed by atoms with Crippen molar-refractivity contribution in [1.29, 1.82) is 5.26 Å². The summed E-state index contributed by atoms with van der Waals surface area (Å²) in [6.07, 6.45) is 1.20. The monoisotopic (exact) mass is 398 g/mol. The molecule has 0 aliphatic rings. The first-order valence-electron chi connectivity index (χ1n) is 8.46. The number of benzene rings is 2. The van der Waals surface area contributed by atoms with Crippen molar-refractivity contribution >= 4 is 34.6 Å². The standard InChI is InChI=1S/C20H19ClN4O3/c1-12(2)16-6-4-5-13(3)19(16)24-20(26)14(10-22)11-23-15-7-8-17(21)18(9-15)25(27)28/h4-9,11-12,23H,1-3H3,(H,24,26)/b14-11-. The van der Waals surface area contributed by atoms with Crippen LogP contribution in [0.4, 0.5) is 17.1 Å². The summed E-state index contributed by atoms with van der Waals surface area (Å²) < 4.78 is 0. The smallest absolute Gasteiger partial charge is 0.289 e. The highest BCUT2D eigenvalue weighted by Crippen LogP contribution is 2.29. The number of nitrogens with zero attached hydrogens (tertiary/aromatic N) is 2. The SMILES string of the molecule is Cc1cccc(C(C)C)c1NC(=O)/C(C#N)=C\Nc1ccc(Cl)c([N+](=O)[O-])c1. The van der Waals surface area contributed by atoms with Crippen molar-refractivity contribution in [3.05, 3.63) is 74.4 Å². The van der Waals surface area contributed by atoms with Gasteiger partial charge in [0.2, 0.25) is 0 Å². The first-order chi connectivity index (χ1) is 13.2. The topological polar surface area (TPSA) is 108 Å². The number of carbonyl (C=O) groups is 1. The van der Waals surface area contributed by atoms with Gasteiger partial charge in [0.05, 0.1) is 4.92 Å². The van der Waals surface area contributed by atoms with Gasteiger partial charge in [0.15, 0.2) is 0 Å². The molecule has 7 nitrogen and oxygen atoms in total. The molecule has 0 fully saturated rings. The van der Waals surface area contributed by atoms with Gasteiger partial charge in [0.25, 0.3) is 11.6 Å². The number of nitrogens with one attached hydrogen (secondary N) is 2. The van der Waals surface area contributed by atoms with Crippen molar-refractivity contribution in [1.82, 2.24) is 0 Å². The van der Waals surface area contributed by atoms with Gasteiger partial charge in [-0.25, -0.2) is 0 Å². The van der Waals surface area contributed by atoms with Crippen molar-refractivity contribution in [2.45, 2.75) is 26.7 Å². The molecule has 0 aliphatic heterocycles. The van der Waals surface area contributed by atoms with Gasteiger partial charge in [-0.05, 0) is 36.1 Å². The molecule has 8 heteroatoms. The Labute approximate surface area is 167 Å².